The first kappa shape index (κ1) is 14.5. The SMILES string of the molecule is CCCNC(c1ccccn1)c1ccc(F)c(F)c1F. The van der Waals surface area contributed by atoms with E-state index in [0.717, 1.165) is 12.5 Å². The minimum Gasteiger partial charge on any atom is -0.305 e. The maximum atomic E-state index is 13.9. The highest BCUT2D eigenvalue weighted by molar-refractivity contribution is 5.30. The third-order valence-electron chi connectivity index (χ3n) is 2.96. The molecule has 1 aromatic carbocycles. The van der Waals surface area contributed by atoms with Gasteiger partial charge in [0.2, 0.25) is 0 Å². The van der Waals surface area contributed by atoms with Gasteiger partial charge in [0.05, 0.1) is 11.7 Å². The molecule has 0 aliphatic heterocycles. The van der Waals surface area contributed by atoms with Gasteiger partial charge in [0.1, 0.15) is 0 Å². The van der Waals surface area contributed by atoms with Crippen LogP contribution in [0.25, 0.3) is 0 Å². The summed E-state index contributed by atoms with van der Waals surface area (Å²) in [6.45, 7) is 2.57. The fourth-order valence-corrected chi connectivity index (χ4v) is 1.97. The molecule has 20 heavy (non-hydrogen) atoms. The van der Waals surface area contributed by atoms with E-state index in [-0.39, 0.29) is 5.56 Å². The Labute approximate surface area is 115 Å². The molecule has 0 radical (unpaired) electrons. The van der Waals surface area contributed by atoms with Gasteiger partial charge in [0, 0.05) is 11.8 Å². The standard InChI is InChI=1S/C15H15F3N2/c1-2-8-20-15(12-5-3-4-9-19-12)10-6-7-11(16)14(18)13(10)17/h3-7,9,15,20H,2,8H2,1H3. The number of nitrogens with one attached hydrogen (secondary N) is 1. The van der Waals surface area contributed by atoms with E-state index in [1.807, 2.05) is 6.92 Å². The second-order valence-corrected chi connectivity index (χ2v) is 4.41. The van der Waals surface area contributed by atoms with Crippen LogP contribution in [0.15, 0.2) is 36.5 Å². The molecule has 0 spiro atoms. The molecular formula is C15H15F3N2. The Morgan fingerprint density at radius 1 is 1.10 bits per heavy atom. The Morgan fingerprint density at radius 3 is 2.55 bits per heavy atom. The number of nitrogens with zero attached hydrogens (tertiary/aromatic N) is 1. The molecule has 1 heterocycles. The lowest BCUT2D eigenvalue weighted by Crippen LogP contribution is -2.25. The van der Waals surface area contributed by atoms with Crippen molar-refractivity contribution in [1.29, 1.82) is 0 Å². The van der Waals surface area contributed by atoms with Crippen molar-refractivity contribution < 1.29 is 13.2 Å². The second-order valence-electron chi connectivity index (χ2n) is 4.41. The molecule has 0 amide bonds. The van der Waals surface area contributed by atoms with Gasteiger partial charge >= 0.3 is 0 Å². The molecule has 0 bridgehead atoms. The minimum absolute atomic E-state index is 0.0519. The number of rotatable bonds is 5. The predicted molar refractivity (Wildman–Crippen MR) is 70.7 cm³/mol. The first-order valence-corrected chi connectivity index (χ1v) is 6.42. The minimum atomic E-state index is -1.46. The quantitative estimate of drug-likeness (QED) is 0.847. The summed E-state index contributed by atoms with van der Waals surface area (Å²) in [5.41, 5.74) is 0.613. The third-order valence-corrected chi connectivity index (χ3v) is 2.96. The number of pyridine rings is 1. The van der Waals surface area contributed by atoms with E-state index in [1.54, 1.807) is 24.4 Å². The summed E-state index contributed by atoms with van der Waals surface area (Å²) in [5.74, 6) is -3.83. The monoisotopic (exact) mass is 280 g/mol. The van der Waals surface area contributed by atoms with Crippen molar-refractivity contribution in [2.75, 3.05) is 6.54 Å². The van der Waals surface area contributed by atoms with E-state index in [9.17, 15) is 13.2 Å². The summed E-state index contributed by atoms with van der Waals surface area (Å²) >= 11 is 0. The highest BCUT2D eigenvalue weighted by Crippen LogP contribution is 2.25. The van der Waals surface area contributed by atoms with E-state index in [1.165, 1.54) is 6.07 Å². The van der Waals surface area contributed by atoms with Crippen LogP contribution in [0.5, 0.6) is 0 Å². The Balaban J connectivity index is 2.44. The largest absolute Gasteiger partial charge is 0.305 e. The Bertz CT molecular complexity index is 573. The molecule has 1 atom stereocenters. The zero-order chi connectivity index (χ0) is 14.5. The summed E-state index contributed by atoms with van der Waals surface area (Å²) in [7, 11) is 0. The van der Waals surface area contributed by atoms with Gasteiger partial charge in [-0.15, -0.1) is 0 Å². The molecule has 106 valence electrons. The maximum Gasteiger partial charge on any atom is 0.194 e. The fourth-order valence-electron chi connectivity index (χ4n) is 1.97. The molecule has 1 N–H and O–H groups in total. The topological polar surface area (TPSA) is 24.9 Å². The maximum absolute atomic E-state index is 13.9. The van der Waals surface area contributed by atoms with Crippen LogP contribution in [0.2, 0.25) is 0 Å². The molecule has 0 aliphatic carbocycles. The molecule has 0 aliphatic rings. The van der Waals surface area contributed by atoms with Crippen molar-refractivity contribution in [3.8, 4) is 0 Å². The van der Waals surface area contributed by atoms with Crippen LogP contribution >= 0.6 is 0 Å². The molecule has 2 aromatic rings. The Kier molecular flexibility index (Phi) is 4.74. The normalized spacial score (nSPS) is 12.4. The summed E-state index contributed by atoms with van der Waals surface area (Å²) < 4.78 is 40.4. The van der Waals surface area contributed by atoms with Crippen LogP contribution in [-0.4, -0.2) is 11.5 Å². The molecular weight excluding hydrogens is 265 g/mol. The van der Waals surface area contributed by atoms with Crippen LogP contribution in [0.4, 0.5) is 13.2 Å². The van der Waals surface area contributed by atoms with Gasteiger partial charge in [0.15, 0.2) is 17.5 Å². The van der Waals surface area contributed by atoms with Gasteiger partial charge in [-0.05, 0) is 31.2 Å². The number of hydrogen-bond acceptors (Lipinski definition) is 2. The van der Waals surface area contributed by atoms with Crippen LogP contribution in [0.3, 0.4) is 0 Å². The van der Waals surface area contributed by atoms with Crippen molar-refractivity contribution in [1.82, 2.24) is 10.3 Å². The lowest BCUT2D eigenvalue weighted by Gasteiger charge is -2.19. The summed E-state index contributed by atoms with van der Waals surface area (Å²) in [4.78, 5) is 4.16. The van der Waals surface area contributed by atoms with Gasteiger partial charge in [-0.1, -0.05) is 19.1 Å². The Morgan fingerprint density at radius 2 is 1.90 bits per heavy atom. The number of aromatic nitrogens is 1. The molecule has 0 fully saturated rings. The summed E-state index contributed by atoms with van der Waals surface area (Å²) in [5, 5.41) is 3.10. The first-order valence-electron chi connectivity index (χ1n) is 6.42. The van der Waals surface area contributed by atoms with Gasteiger partial charge in [-0.2, -0.15) is 0 Å². The average molecular weight is 280 g/mol. The lowest BCUT2D eigenvalue weighted by atomic mass is 10.0. The van der Waals surface area contributed by atoms with E-state index < -0.39 is 23.5 Å². The van der Waals surface area contributed by atoms with E-state index in [2.05, 4.69) is 10.3 Å². The molecule has 1 unspecified atom stereocenters. The van der Waals surface area contributed by atoms with Gasteiger partial charge in [0.25, 0.3) is 0 Å². The molecule has 2 nitrogen and oxygen atoms in total. The van der Waals surface area contributed by atoms with Crippen LogP contribution in [-0.2, 0) is 0 Å². The van der Waals surface area contributed by atoms with Crippen molar-refractivity contribution in [3.63, 3.8) is 0 Å². The van der Waals surface area contributed by atoms with E-state index >= 15 is 0 Å². The number of benzene rings is 1. The Hall–Kier alpha value is -1.88. The van der Waals surface area contributed by atoms with Crippen molar-refractivity contribution in [3.05, 3.63) is 65.2 Å². The van der Waals surface area contributed by atoms with Crippen molar-refractivity contribution in [2.24, 2.45) is 0 Å². The van der Waals surface area contributed by atoms with Gasteiger partial charge in [-0.3, -0.25) is 4.98 Å². The van der Waals surface area contributed by atoms with E-state index in [0.29, 0.717) is 12.2 Å². The zero-order valence-electron chi connectivity index (χ0n) is 11.0. The van der Waals surface area contributed by atoms with Crippen molar-refractivity contribution in [2.45, 2.75) is 19.4 Å². The number of halogens is 3. The smallest absolute Gasteiger partial charge is 0.194 e. The highest BCUT2D eigenvalue weighted by Gasteiger charge is 2.22. The molecule has 5 heteroatoms. The number of hydrogen-bond donors (Lipinski definition) is 1. The molecule has 2 rings (SSSR count). The fraction of sp³-hybridized carbons (Fsp3) is 0.267. The van der Waals surface area contributed by atoms with Gasteiger partial charge < -0.3 is 5.32 Å². The first-order chi connectivity index (χ1) is 9.65. The predicted octanol–water partition coefficient (Wildman–Crippen LogP) is 3.59. The summed E-state index contributed by atoms with van der Waals surface area (Å²) in [6.07, 6.45) is 2.41. The van der Waals surface area contributed by atoms with Crippen LogP contribution < -0.4 is 5.32 Å². The van der Waals surface area contributed by atoms with Crippen molar-refractivity contribution >= 4 is 0 Å². The summed E-state index contributed by atoms with van der Waals surface area (Å²) in [6, 6.07) is 6.79. The lowest BCUT2D eigenvalue weighted by molar-refractivity contribution is 0.431. The van der Waals surface area contributed by atoms with Crippen LogP contribution in [0.1, 0.15) is 30.6 Å². The highest BCUT2D eigenvalue weighted by atomic mass is 19.2. The van der Waals surface area contributed by atoms with Crippen LogP contribution in [0, 0.1) is 17.5 Å². The second kappa shape index (κ2) is 6.52. The average Bonchev–Trinajstić information content (AvgIpc) is 2.48. The van der Waals surface area contributed by atoms with E-state index in [4.69, 9.17) is 0 Å². The van der Waals surface area contributed by atoms with Gasteiger partial charge in [-0.25, -0.2) is 13.2 Å². The zero-order valence-corrected chi connectivity index (χ0v) is 11.0. The molecule has 1 aromatic heterocycles. The third kappa shape index (κ3) is 2.99. The molecule has 0 saturated heterocycles. The molecule has 0 saturated carbocycles.